The molecule has 3 N–H and O–H groups in total. The fourth-order valence-electron chi connectivity index (χ4n) is 10.5. The van der Waals surface area contributed by atoms with E-state index in [2.05, 4.69) is 32.0 Å². The molecule has 4 fully saturated rings. The number of pyridine rings is 1. The first-order valence-corrected chi connectivity index (χ1v) is 20.4. The molecule has 1 aromatic carbocycles. The number of amides is 4. The number of anilines is 2. The van der Waals surface area contributed by atoms with Crippen molar-refractivity contribution in [2.24, 2.45) is 5.41 Å². The number of nitrogens with one attached hydrogen (secondary N) is 2. The summed E-state index contributed by atoms with van der Waals surface area (Å²) in [6, 6.07) is 8.82. The Morgan fingerprint density at radius 3 is 2.53 bits per heavy atom. The molecule has 4 aliphatic heterocycles. The summed E-state index contributed by atoms with van der Waals surface area (Å²) < 4.78 is 3.28. The summed E-state index contributed by atoms with van der Waals surface area (Å²) in [5.74, 6) is -0.992. The fourth-order valence-corrected chi connectivity index (χ4v) is 10.5. The normalized spacial score (nSPS) is 24.6. The molecule has 7 heterocycles. The molecule has 4 aromatic rings. The Bertz CT molecular complexity index is 2490. The highest BCUT2D eigenvalue weighted by Crippen LogP contribution is 2.50. The zero-order valence-electron chi connectivity index (χ0n) is 32.4. The van der Waals surface area contributed by atoms with Gasteiger partial charge in [0.15, 0.2) is 11.5 Å². The molecule has 1 spiro atoms. The van der Waals surface area contributed by atoms with E-state index >= 15 is 0 Å². The summed E-state index contributed by atoms with van der Waals surface area (Å²) in [5, 5.41) is 17.4. The van der Waals surface area contributed by atoms with Gasteiger partial charge >= 0.3 is 0 Å². The standard InChI is InChI=1S/C42H46N10O6/c1-3-16-50-37(55)28-21-43-40(47-35(28)52(50)31-10-8-24-12-15-42(58,4-2)34(24)45-31)44-25-19-41(20-25)22-49(23-41)26-13-17-48(18-14-26)29-7-5-6-27-33(29)39(57)51(38(27)56)30-9-11-32(53)46-36(30)54/h3,5-8,10,21,25-26,30,58H,1,4,9,11-20,22-23H2,2H3,(H,43,44,47)(H,46,53,54)/t30?,42-/m1/s1. The van der Waals surface area contributed by atoms with Gasteiger partial charge in [-0.25, -0.2) is 19.3 Å². The van der Waals surface area contributed by atoms with E-state index in [9.17, 15) is 29.1 Å². The van der Waals surface area contributed by atoms with Gasteiger partial charge < -0.3 is 15.3 Å². The second-order valence-electron chi connectivity index (χ2n) is 17.0. The highest BCUT2D eigenvalue weighted by Gasteiger charge is 2.54. The van der Waals surface area contributed by atoms with Crippen molar-refractivity contribution in [2.45, 2.75) is 95.0 Å². The molecule has 3 saturated heterocycles. The minimum Gasteiger partial charge on any atom is -0.384 e. The van der Waals surface area contributed by atoms with Crippen LogP contribution in [0.5, 0.6) is 0 Å². The molecule has 4 amide bonds. The third-order valence-electron chi connectivity index (χ3n) is 13.5. The lowest BCUT2D eigenvalue weighted by molar-refractivity contribution is -0.136. The SMILES string of the molecule is C=CCn1c(=O)c2cnc(NC3CC4(C3)CN(C3CCN(c5cccc6c5C(=O)N(C5CCC(=O)NC5=O)C6=O)CC3)C4)nc2n1-c1ccc2c(n1)[C@@](O)(CC)CC2. The van der Waals surface area contributed by atoms with Crippen LogP contribution in [0, 0.1) is 5.41 Å². The number of imide groups is 2. The molecule has 58 heavy (non-hydrogen) atoms. The molecule has 2 aliphatic carbocycles. The number of nitrogens with zero attached hydrogens (tertiary/aromatic N) is 8. The summed E-state index contributed by atoms with van der Waals surface area (Å²) in [5.41, 5.74) is 2.52. The number of likely N-dealkylation sites (tertiary alicyclic amines) is 1. The van der Waals surface area contributed by atoms with Crippen LogP contribution >= 0.6 is 0 Å². The number of hydrogen-bond acceptors (Lipinski definition) is 12. The lowest BCUT2D eigenvalue weighted by Crippen LogP contribution is -2.67. The van der Waals surface area contributed by atoms with Gasteiger partial charge in [0, 0.05) is 50.9 Å². The van der Waals surface area contributed by atoms with Crippen molar-refractivity contribution in [1.82, 2.24) is 39.4 Å². The second kappa shape index (κ2) is 13.4. The Labute approximate surface area is 333 Å². The van der Waals surface area contributed by atoms with Crippen LogP contribution in [0.2, 0.25) is 0 Å². The van der Waals surface area contributed by atoms with E-state index < -0.39 is 35.3 Å². The van der Waals surface area contributed by atoms with Crippen molar-refractivity contribution in [1.29, 1.82) is 0 Å². The largest absolute Gasteiger partial charge is 0.384 e. The Hall–Kier alpha value is -5.74. The number of rotatable bonds is 9. The fraction of sp³-hybridized carbons (Fsp3) is 0.476. The van der Waals surface area contributed by atoms with Gasteiger partial charge in [0.2, 0.25) is 17.8 Å². The van der Waals surface area contributed by atoms with E-state index in [0.29, 0.717) is 58.5 Å². The number of carbonyl (C=O) groups is 4. The van der Waals surface area contributed by atoms with Crippen molar-refractivity contribution >= 4 is 46.3 Å². The molecule has 1 saturated carbocycles. The van der Waals surface area contributed by atoms with Crippen LogP contribution in [0.3, 0.4) is 0 Å². The molecule has 16 nitrogen and oxygen atoms in total. The predicted octanol–water partition coefficient (Wildman–Crippen LogP) is 2.65. The van der Waals surface area contributed by atoms with Gasteiger partial charge in [0.25, 0.3) is 17.4 Å². The van der Waals surface area contributed by atoms with E-state index in [0.717, 1.165) is 74.4 Å². The van der Waals surface area contributed by atoms with E-state index in [1.165, 1.54) is 0 Å². The maximum absolute atomic E-state index is 13.7. The van der Waals surface area contributed by atoms with E-state index in [-0.39, 0.29) is 36.4 Å². The second-order valence-corrected chi connectivity index (χ2v) is 17.0. The van der Waals surface area contributed by atoms with E-state index in [1.54, 1.807) is 33.8 Å². The van der Waals surface area contributed by atoms with Crippen molar-refractivity contribution in [2.75, 3.05) is 36.4 Å². The molecule has 16 heteroatoms. The molecule has 3 aromatic heterocycles. The average molecular weight is 787 g/mol. The van der Waals surface area contributed by atoms with Crippen LogP contribution in [0.4, 0.5) is 11.6 Å². The summed E-state index contributed by atoms with van der Waals surface area (Å²) in [6.07, 6.45) is 9.23. The highest BCUT2D eigenvalue weighted by atomic mass is 16.3. The third kappa shape index (κ3) is 5.62. The molecule has 300 valence electrons. The summed E-state index contributed by atoms with van der Waals surface area (Å²) in [6.45, 7) is 9.60. The van der Waals surface area contributed by atoms with Crippen LogP contribution in [0.25, 0.3) is 16.9 Å². The van der Waals surface area contributed by atoms with Crippen LogP contribution in [0.1, 0.15) is 90.3 Å². The number of aromatic nitrogens is 5. The number of carbonyl (C=O) groups excluding carboxylic acids is 4. The smallest absolute Gasteiger partial charge is 0.278 e. The van der Waals surface area contributed by atoms with Gasteiger partial charge in [-0.3, -0.25) is 39.1 Å². The zero-order valence-corrected chi connectivity index (χ0v) is 32.4. The maximum atomic E-state index is 13.7. The van der Waals surface area contributed by atoms with Crippen molar-refractivity contribution in [3.8, 4) is 5.82 Å². The van der Waals surface area contributed by atoms with E-state index in [1.807, 2.05) is 25.1 Å². The number of benzene rings is 1. The van der Waals surface area contributed by atoms with Crippen molar-refractivity contribution < 1.29 is 24.3 Å². The van der Waals surface area contributed by atoms with Crippen LogP contribution in [-0.2, 0) is 28.2 Å². The number of hydrogen-bond donors (Lipinski definition) is 3. The minimum atomic E-state index is -0.994. The molecule has 0 radical (unpaired) electrons. The lowest BCUT2D eigenvalue weighted by Gasteiger charge is -2.61. The Morgan fingerprint density at radius 1 is 1.00 bits per heavy atom. The molecular weight excluding hydrogens is 741 g/mol. The maximum Gasteiger partial charge on any atom is 0.278 e. The quantitative estimate of drug-likeness (QED) is 0.167. The molecule has 0 bridgehead atoms. The molecular formula is C42H46N10O6. The summed E-state index contributed by atoms with van der Waals surface area (Å²) in [7, 11) is 0. The molecule has 10 rings (SSSR count). The Kier molecular flexibility index (Phi) is 8.46. The monoisotopic (exact) mass is 786 g/mol. The van der Waals surface area contributed by atoms with Gasteiger partial charge in [-0.2, -0.15) is 4.98 Å². The van der Waals surface area contributed by atoms with Gasteiger partial charge in [0.05, 0.1) is 29.1 Å². The minimum absolute atomic E-state index is 0.0846. The molecule has 6 aliphatic rings. The number of aliphatic hydroxyl groups is 1. The van der Waals surface area contributed by atoms with Gasteiger partial charge in [0.1, 0.15) is 17.0 Å². The Morgan fingerprint density at radius 2 is 1.79 bits per heavy atom. The number of fused-ring (bicyclic) bond motifs is 3. The first-order chi connectivity index (χ1) is 28.0. The van der Waals surface area contributed by atoms with Gasteiger partial charge in [-0.05, 0) is 80.5 Å². The van der Waals surface area contributed by atoms with Crippen molar-refractivity contribution in [3.05, 3.63) is 81.9 Å². The number of piperidine rings is 2. The highest BCUT2D eigenvalue weighted by molar-refractivity contribution is 6.25. The first-order valence-electron chi connectivity index (χ1n) is 20.4. The molecule has 2 atom stereocenters. The van der Waals surface area contributed by atoms with Crippen LogP contribution in [-0.4, -0.2) is 107 Å². The summed E-state index contributed by atoms with van der Waals surface area (Å²) >= 11 is 0. The predicted molar refractivity (Wildman–Crippen MR) is 213 cm³/mol. The van der Waals surface area contributed by atoms with E-state index in [4.69, 9.17) is 9.97 Å². The lowest BCUT2D eigenvalue weighted by atomic mass is 9.60. The average Bonchev–Trinajstić information content (AvgIpc) is 3.77. The first kappa shape index (κ1) is 36.6. The zero-order chi connectivity index (χ0) is 40.1. The number of allylic oxidation sites excluding steroid dienone is 1. The summed E-state index contributed by atoms with van der Waals surface area (Å²) in [4.78, 5) is 84.9. The third-order valence-corrected chi connectivity index (χ3v) is 13.5. The molecule has 1 unspecified atom stereocenters. The van der Waals surface area contributed by atoms with Gasteiger partial charge in [-0.1, -0.05) is 25.1 Å². The van der Waals surface area contributed by atoms with Gasteiger partial charge in [-0.15, -0.1) is 6.58 Å². The Balaban J connectivity index is 0.776. The topological polar surface area (TPSA) is 188 Å². The van der Waals surface area contributed by atoms with Crippen LogP contribution < -0.4 is 21.1 Å². The van der Waals surface area contributed by atoms with Crippen molar-refractivity contribution in [3.63, 3.8) is 0 Å². The number of aryl methyl sites for hydroxylation is 1. The van der Waals surface area contributed by atoms with Crippen LogP contribution in [0.15, 0.2) is 54.0 Å².